The molecule has 2 aromatic rings. The standard InChI is InChI=1S/C14H16N4O2S/c1-18(13-11(20-2)14(19)17-8-16-13)7-9-4-3-5-10(6-9)12(15)21/h3-6,8H,7H2,1-2H3,(H2,15,21)(H,16,17,19). The molecule has 0 amide bonds. The first-order valence-electron chi connectivity index (χ1n) is 6.24. The van der Waals surface area contributed by atoms with Gasteiger partial charge in [-0.15, -0.1) is 0 Å². The fourth-order valence-corrected chi connectivity index (χ4v) is 2.13. The second-order valence-electron chi connectivity index (χ2n) is 4.51. The number of anilines is 1. The number of hydrogen-bond acceptors (Lipinski definition) is 5. The Morgan fingerprint density at radius 3 is 2.95 bits per heavy atom. The highest BCUT2D eigenvalue weighted by Crippen LogP contribution is 2.21. The molecule has 3 N–H and O–H groups in total. The van der Waals surface area contributed by atoms with Crippen molar-refractivity contribution in [3.63, 3.8) is 0 Å². The highest BCUT2D eigenvalue weighted by Gasteiger charge is 2.13. The van der Waals surface area contributed by atoms with Crippen molar-refractivity contribution in [2.45, 2.75) is 6.54 Å². The van der Waals surface area contributed by atoms with E-state index in [2.05, 4.69) is 9.97 Å². The lowest BCUT2D eigenvalue weighted by molar-refractivity contribution is 0.406. The van der Waals surface area contributed by atoms with Gasteiger partial charge in [-0.25, -0.2) is 4.98 Å². The van der Waals surface area contributed by atoms with Crippen LogP contribution in [-0.2, 0) is 6.54 Å². The molecule has 1 aromatic carbocycles. The first-order chi connectivity index (χ1) is 10.0. The Kier molecular flexibility index (Phi) is 4.54. The minimum absolute atomic E-state index is 0.186. The maximum Gasteiger partial charge on any atom is 0.295 e. The molecule has 0 aliphatic heterocycles. The Labute approximate surface area is 127 Å². The van der Waals surface area contributed by atoms with Gasteiger partial charge in [-0.1, -0.05) is 30.4 Å². The zero-order valence-corrected chi connectivity index (χ0v) is 12.6. The minimum Gasteiger partial charge on any atom is -0.489 e. The molecule has 6 nitrogen and oxygen atoms in total. The number of nitrogens with zero attached hydrogens (tertiary/aromatic N) is 2. The van der Waals surface area contributed by atoms with Gasteiger partial charge in [0.05, 0.1) is 13.4 Å². The van der Waals surface area contributed by atoms with Crippen molar-refractivity contribution in [3.8, 4) is 5.75 Å². The molecule has 0 atom stereocenters. The number of nitrogens with one attached hydrogen (secondary N) is 1. The van der Waals surface area contributed by atoms with Crippen molar-refractivity contribution < 1.29 is 4.74 Å². The lowest BCUT2D eigenvalue weighted by Crippen LogP contribution is -2.22. The van der Waals surface area contributed by atoms with Gasteiger partial charge in [0.1, 0.15) is 4.99 Å². The van der Waals surface area contributed by atoms with Crippen molar-refractivity contribution in [1.29, 1.82) is 0 Å². The van der Waals surface area contributed by atoms with Gasteiger partial charge in [-0.2, -0.15) is 0 Å². The molecule has 0 aliphatic rings. The van der Waals surface area contributed by atoms with Crippen LogP contribution in [0, 0.1) is 0 Å². The van der Waals surface area contributed by atoms with Gasteiger partial charge in [-0.05, 0) is 11.6 Å². The Morgan fingerprint density at radius 2 is 2.29 bits per heavy atom. The molecule has 2 rings (SSSR count). The molecule has 0 bridgehead atoms. The molecular formula is C14H16N4O2S. The van der Waals surface area contributed by atoms with Crippen molar-refractivity contribution in [2.75, 3.05) is 19.1 Å². The van der Waals surface area contributed by atoms with Crippen LogP contribution >= 0.6 is 12.2 Å². The average molecular weight is 304 g/mol. The lowest BCUT2D eigenvalue weighted by atomic mass is 10.1. The van der Waals surface area contributed by atoms with E-state index < -0.39 is 0 Å². The van der Waals surface area contributed by atoms with Gasteiger partial charge in [0, 0.05) is 19.2 Å². The molecule has 0 spiro atoms. The van der Waals surface area contributed by atoms with E-state index >= 15 is 0 Å². The van der Waals surface area contributed by atoms with Crippen LogP contribution in [0.4, 0.5) is 5.82 Å². The van der Waals surface area contributed by atoms with Crippen LogP contribution in [0.5, 0.6) is 5.75 Å². The van der Waals surface area contributed by atoms with E-state index in [-0.39, 0.29) is 11.3 Å². The minimum atomic E-state index is -0.314. The predicted molar refractivity (Wildman–Crippen MR) is 85.8 cm³/mol. The summed E-state index contributed by atoms with van der Waals surface area (Å²) >= 11 is 4.97. The second kappa shape index (κ2) is 6.36. The molecular weight excluding hydrogens is 288 g/mol. The zero-order chi connectivity index (χ0) is 15.4. The molecule has 0 aliphatic carbocycles. The van der Waals surface area contributed by atoms with E-state index in [1.807, 2.05) is 36.2 Å². The largest absolute Gasteiger partial charge is 0.489 e. The van der Waals surface area contributed by atoms with Gasteiger partial charge in [0.2, 0.25) is 5.75 Å². The summed E-state index contributed by atoms with van der Waals surface area (Å²) in [4.78, 5) is 20.5. The summed E-state index contributed by atoms with van der Waals surface area (Å²) < 4.78 is 5.11. The monoisotopic (exact) mass is 304 g/mol. The third-order valence-electron chi connectivity index (χ3n) is 2.99. The molecule has 0 saturated carbocycles. The number of methoxy groups -OCH3 is 1. The van der Waals surface area contributed by atoms with Gasteiger partial charge < -0.3 is 20.4 Å². The smallest absolute Gasteiger partial charge is 0.295 e. The lowest BCUT2D eigenvalue weighted by Gasteiger charge is -2.20. The maximum atomic E-state index is 11.7. The average Bonchev–Trinajstić information content (AvgIpc) is 2.47. The molecule has 0 saturated heterocycles. The summed E-state index contributed by atoms with van der Waals surface area (Å²) in [5.74, 6) is 0.660. The van der Waals surface area contributed by atoms with E-state index in [4.69, 9.17) is 22.7 Å². The summed E-state index contributed by atoms with van der Waals surface area (Å²) in [7, 11) is 3.27. The summed E-state index contributed by atoms with van der Waals surface area (Å²) in [5.41, 5.74) is 7.13. The first kappa shape index (κ1) is 15.0. The van der Waals surface area contributed by atoms with E-state index in [1.165, 1.54) is 13.4 Å². The summed E-state index contributed by atoms with van der Waals surface area (Å²) in [5, 5.41) is 0. The number of benzene rings is 1. The predicted octanol–water partition coefficient (Wildman–Crippen LogP) is 1.05. The Bertz CT molecular complexity index is 714. The van der Waals surface area contributed by atoms with E-state index in [0.29, 0.717) is 17.4 Å². The van der Waals surface area contributed by atoms with E-state index in [0.717, 1.165) is 11.1 Å². The number of aromatic nitrogens is 2. The number of hydrogen-bond donors (Lipinski definition) is 2. The number of thiocarbonyl (C=S) groups is 1. The quantitative estimate of drug-likeness (QED) is 0.803. The number of nitrogens with two attached hydrogens (primary N) is 1. The van der Waals surface area contributed by atoms with Crippen molar-refractivity contribution in [1.82, 2.24) is 9.97 Å². The normalized spacial score (nSPS) is 10.2. The first-order valence-corrected chi connectivity index (χ1v) is 6.65. The molecule has 1 heterocycles. The van der Waals surface area contributed by atoms with Crippen molar-refractivity contribution in [3.05, 3.63) is 52.1 Å². The number of aromatic amines is 1. The molecule has 0 fully saturated rings. The summed E-state index contributed by atoms with van der Waals surface area (Å²) in [6.07, 6.45) is 1.35. The molecule has 21 heavy (non-hydrogen) atoms. The van der Waals surface area contributed by atoms with Gasteiger partial charge in [0.15, 0.2) is 5.82 Å². The zero-order valence-electron chi connectivity index (χ0n) is 11.8. The topological polar surface area (TPSA) is 84.2 Å². The van der Waals surface area contributed by atoms with Gasteiger partial charge in [-0.3, -0.25) is 4.79 Å². The second-order valence-corrected chi connectivity index (χ2v) is 4.95. The van der Waals surface area contributed by atoms with Crippen molar-refractivity contribution >= 4 is 23.0 Å². The van der Waals surface area contributed by atoms with Gasteiger partial charge >= 0.3 is 0 Å². The SMILES string of the molecule is COc1c(N(C)Cc2cccc(C(N)=S)c2)nc[nH]c1=O. The summed E-state index contributed by atoms with van der Waals surface area (Å²) in [6, 6.07) is 7.62. The Balaban J connectivity index is 2.28. The van der Waals surface area contributed by atoms with Crippen LogP contribution < -0.4 is 20.9 Å². The fraction of sp³-hybridized carbons (Fsp3) is 0.214. The third kappa shape index (κ3) is 3.38. The summed E-state index contributed by atoms with van der Waals surface area (Å²) in [6.45, 7) is 0.545. The highest BCUT2D eigenvalue weighted by molar-refractivity contribution is 7.80. The number of rotatable bonds is 5. The molecule has 1 aromatic heterocycles. The Morgan fingerprint density at radius 1 is 1.52 bits per heavy atom. The highest BCUT2D eigenvalue weighted by atomic mass is 32.1. The fourth-order valence-electron chi connectivity index (χ4n) is 2.01. The third-order valence-corrected chi connectivity index (χ3v) is 3.22. The van der Waals surface area contributed by atoms with E-state index in [9.17, 15) is 4.79 Å². The van der Waals surface area contributed by atoms with Crippen LogP contribution in [0.25, 0.3) is 0 Å². The Hall–Kier alpha value is -2.41. The van der Waals surface area contributed by atoms with Crippen molar-refractivity contribution in [2.24, 2.45) is 5.73 Å². The van der Waals surface area contributed by atoms with Crippen LogP contribution in [0.3, 0.4) is 0 Å². The van der Waals surface area contributed by atoms with Gasteiger partial charge in [0.25, 0.3) is 5.56 Å². The molecule has 0 radical (unpaired) electrons. The van der Waals surface area contributed by atoms with E-state index in [1.54, 1.807) is 0 Å². The number of ether oxygens (including phenoxy) is 1. The van der Waals surface area contributed by atoms with Crippen LogP contribution in [-0.4, -0.2) is 29.1 Å². The maximum absolute atomic E-state index is 11.7. The number of H-pyrrole nitrogens is 1. The van der Waals surface area contributed by atoms with Crippen LogP contribution in [0.1, 0.15) is 11.1 Å². The van der Waals surface area contributed by atoms with Crippen LogP contribution in [0.15, 0.2) is 35.4 Å². The molecule has 110 valence electrons. The molecule has 0 unspecified atom stereocenters. The van der Waals surface area contributed by atoms with Crippen LogP contribution in [0.2, 0.25) is 0 Å². The molecule has 7 heteroatoms.